The maximum absolute atomic E-state index is 12.4. The molecule has 0 spiro atoms. The summed E-state index contributed by atoms with van der Waals surface area (Å²) in [7, 11) is 3.19. The Balaban J connectivity index is 1.96. The summed E-state index contributed by atoms with van der Waals surface area (Å²) in [4.78, 5) is 12.4. The summed E-state index contributed by atoms with van der Waals surface area (Å²) in [5.41, 5.74) is 3.32. The molecule has 0 bridgehead atoms. The Morgan fingerprint density at radius 2 is 1.54 bits per heavy atom. The molecule has 4 heteroatoms. The first-order valence-corrected chi connectivity index (χ1v) is 9.02. The lowest BCUT2D eigenvalue weighted by atomic mass is 10.00. The third kappa shape index (κ3) is 5.51. The highest BCUT2D eigenvalue weighted by atomic mass is 16.5. The fraction of sp³-hybridized carbons (Fsp3) is 0.409. The van der Waals surface area contributed by atoms with Gasteiger partial charge in [-0.25, -0.2) is 0 Å². The fourth-order valence-electron chi connectivity index (χ4n) is 2.97. The van der Waals surface area contributed by atoms with Crippen LogP contribution in [0.2, 0.25) is 0 Å². The standard InChI is InChI=1S/C22H29NO3/c1-15(2)12-17-6-9-19(10-7-17)16(3)23-22(24)14-18-8-11-20(25-4)21(13-18)26-5/h6-11,13,15-16H,12,14H2,1-5H3,(H,23,24)/t16-/m1/s1. The van der Waals surface area contributed by atoms with E-state index in [0.717, 1.165) is 17.5 Å². The maximum atomic E-state index is 12.4. The largest absolute Gasteiger partial charge is 0.493 e. The van der Waals surface area contributed by atoms with E-state index in [1.54, 1.807) is 14.2 Å². The number of nitrogens with one attached hydrogen (secondary N) is 1. The Morgan fingerprint density at radius 3 is 2.12 bits per heavy atom. The van der Waals surface area contributed by atoms with Crippen molar-refractivity contribution in [2.45, 2.75) is 39.7 Å². The molecule has 4 nitrogen and oxygen atoms in total. The van der Waals surface area contributed by atoms with Crippen LogP contribution >= 0.6 is 0 Å². The summed E-state index contributed by atoms with van der Waals surface area (Å²) in [5, 5.41) is 3.06. The van der Waals surface area contributed by atoms with Crippen molar-refractivity contribution >= 4 is 5.91 Å². The number of amides is 1. The zero-order valence-corrected chi connectivity index (χ0v) is 16.3. The van der Waals surface area contributed by atoms with Gasteiger partial charge in [0, 0.05) is 0 Å². The van der Waals surface area contributed by atoms with E-state index in [0.29, 0.717) is 23.8 Å². The fourth-order valence-corrected chi connectivity index (χ4v) is 2.97. The van der Waals surface area contributed by atoms with E-state index in [1.807, 2.05) is 25.1 Å². The first kappa shape index (κ1) is 19.8. The summed E-state index contributed by atoms with van der Waals surface area (Å²) in [6.07, 6.45) is 1.37. The van der Waals surface area contributed by atoms with Gasteiger partial charge in [-0.05, 0) is 48.1 Å². The molecule has 0 saturated carbocycles. The number of methoxy groups -OCH3 is 2. The average molecular weight is 355 g/mol. The van der Waals surface area contributed by atoms with Crippen molar-refractivity contribution in [2.24, 2.45) is 5.92 Å². The SMILES string of the molecule is COc1ccc(CC(=O)N[C@H](C)c2ccc(CC(C)C)cc2)cc1OC. The smallest absolute Gasteiger partial charge is 0.224 e. The second kappa shape index (κ2) is 9.27. The molecule has 0 unspecified atom stereocenters. The Bertz CT molecular complexity index is 723. The molecule has 140 valence electrons. The van der Waals surface area contributed by atoms with E-state index < -0.39 is 0 Å². The molecule has 0 radical (unpaired) electrons. The number of hydrogen-bond acceptors (Lipinski definition) is 3. The van der Waals surface area contributed by atoms with Crippen LogP contribution in [-0.4, -0.2) is 20.1 Å². The van der Waals surface area contributed by atoms with E-state index in [1.165, 1.54) is 5.56 Å². The Labute approximate surface area is 156 Å². The van der Waals surface area contributed by atoms with Gasteiger partial charge in [-0.3, -0.25) is 4.79 Å². The average Bonchev–Trinajstić information content (AvgIpc) is 2.61. The van der Waals surface area contributed by atoms with Crippen molar-refractivity contribution in [3.05, 3.63) is 59.2 Å². The van der Waals surface area contributed by atoms with Gasteiger partial charge in [0.15, 0.2) is 11.5 Å². The predicted molar refractivity (Wildman–Crippen MR) is 105 cm³/mol. The van der Waals surface area contributed by atoms with E-state index >= 15 is 0 Å². The molecule has 2 aromatic rings. The summed E-state index contributed by atoms with van der Waals surface area (Å²) < 4.78 is 10.5. The van der Waals surface area contributed by atoms with E-state index in [4.69, 9.17) is 9.47 Å². The molecule has 0 aliphatic heterocycles. The summed E-state index contributed by atoms with van der Waals surface area (Å²) in [5.74, 6) is 1.91. The van der Waals surface area contributed by atoms with Crippen LogP contribution in [0.3, 0.4) is 0 Å². The number of ether oxygens (including phenoxy) is 2. The quantitative estimate of drug-likeness (QED) is 0.767. The molecule has 2 rings (SSSR count). The first-order valence-electron chi connectivity index (χ1n) is 9.02. The zero-order chi connectivity index (χ0) is 19.1. The molecule has 1 atom stereocenters. The van der Waals surface area contributed by atoms with Crippen LogP contribution in [0, 0.1) is 5.92 Å². The highest BCUT2D eigenvalue weighted by molar-refractivity contribution is 5.79. The van der Waals surface area contributed by atoms with Crippen molar-refractivity contribution in [1.82, 2.24) is 5.32 Å². The molecule has 0 aromatic heterocycles. The number of hydrogen-bond donors (Lipinski definition) is 1. The Kier molecular flexibility index (Phi) is 7.07. The van der Waals surface area contributed by atoms with Crippen LogP contribution in [-0.2, 0) is 17.6 Å². The van der Waals surface area contributed by atoms with Crippen molar-refractivity contribution in [3.8, 4) is 11.5 Å². The second-order valence-corrected chi connectivity index (χ2v) is 6.99. The Morgan fingerprint density at radius 1 is 0.923 bits per heavy atom. The molecule has 26 heavy (non-hydrogen) atoms. The lowest BCUT2D eigenvalue weighted by molar-refractivity contribution is -0.121. The summed E-state index contributed by atoms with van der Waals surface area (Å²) in [6, 6.07) is 14.0. The lowest BCUT2D eigenvalue weighted by Crippen LogP contribution is -2.28. The topological polar surface area (TPSA) is 47.6 Å². The number of carbonyl (C=O) groups is 1. The van der Waals surface area contributed by atoms with Crippen LogP contribution in [0.5, 0.6) is 11.5 Å². The van der Waals surface area contributed by atoms with Crippen molar-refractivity contribution in [3.63, 3.8) is 0 Å². The lowest BCUT2D eigenvalue weighted by Gasteiger charge is -2.16. The first-order chi connectivity index (χ1) is 12.4. The minimum Gasteiger partial charge on any atom is -0.493 e. The monoisotopic (exact) mass is 355 g/mol. The zero-order valence-electron chi connectivity index (χ0n) is 16.3. The molecule has 0 heterocycles. The minimum absolute atomic E-state index is 0.0176. The van der Waals surface area contributed by atoms with Gasteiger partial charge in [0.05, 0.1) is 26.7 Å². The summed E-state index contributed by atoms with van der Waals surface area (Å²) in [6.45, 7) is 6.43. The van der Waals surface area contributed by atoms with Crippen molar-refractivity contribution in [2.75, 3.05) is 14.2 Å². The van der Waals surface area contributed by atoms with Crippen LogP contribution in [0.25, 0.3) is 0 Å². The molecule has 0 fully saturated rings. The molecular formula is C22H29NO3. The third-order valence-electron chi connectivity index (χ3n) is 4.31. The van der Waals surface area contributed by atoms with Gasteiger partial charge in [0.25, 0.3) is 0 Å². The third-order valence-corrected chi connectivity index (χ3v) is 4.31. The molecule has 1 amide bonds. The maximum Gasteiger partial charge on any atom is 0.224 e. The molecule has 2 aromatic carbocycles. The minimum atomic E-state index is -0.0317. The van der Waals surface area contributed by atoms with Crippen molar-refractivity contribution < 1.29 is 14.3 Å². The van der Waals surface area contributed by atoms with Gasteiger partial charge in [-0.2, -0.15) is 0 Å². The van der Waals surface area contributed by atoms with Crippen LogP contribution in [0.15, 0.2) is 42.5 Å². The van der Waals surface area contributed by atoms with Crippen LogP contribution in [0.4, 0.5) is 0 Å². The van der Waals surface area contributed by atoms with E-state index in [9.17, 15) is 4.79 Å². The molecule has 1 N–H and O–H groups in total. The van der Waals surface area contributed by atoms with E-state index in [2.05, 4.69) is 43.4 Å². The molecule has 0 saturated heterocycles. The Hall–Kier alpha value is -2.49. The van der Waals surface area contributed by atoms with Gasteiger partial charge in [-0.1, -0.05) is 44.2 Å². The predicted octanol–water partition coefficient (Wildman–Crippen LogP) is 4.32. The number of benzene rings is 2. The molecule has 0 aliphatic carbocycles. The second-order valence-electron chi connectivity index (χ2n) is 6.99. The van der Waals surface area contributed by atoms with E-state index in [-0.39, 0.29) is 11.9 Å². The van der Waals surface area contributed by atoms with Gasteiger partial charge in [-0.15, -0.1) is 0 Å². The van der Waals surface area contributed by atoms with Crippen molar-refractivity contribution in [1.29, 1.82) is 0 Å². The van der Waals surface area contributed by atoms with Crippen LogP contribution < -0.4 is 14.8 Å². The van der Waals surface area contributed by atoms with Gasteiger partial charge < -0.3 is 14.8 Å². The van der Waals surface area contributed by atoms with Gasteiger partial charge in [0.2, 0.25) is 5.91 Å². The number of rotatable bonds is 8. The highest BCUT2D eigenvalue weighted by Crippen LogP contribution is 2.27. The highest BCUT2D eigenvalue weighted by Gasteiger charge is 2.12. The summed E-state index contributed by atoms with van der Waals surface area (Å²) >= 11 is 0. The van der Waals surface area contributed by atoms with Gasteiger partial charge in [0.1, 0.15) is 0 Å². The van der Waals surface area contributed by atoms with Crippen LogP contribution in [0.1, 0.15) is 43.5 Å². The molecular weight excluding hydrogens is 326 g/mol. The number of carbonyl (C=O) groups excluding carboxylic acids is 1. The molecule has 0 aliphatic rings. The van der Waals surface area contributed by atoms with Gasteiger partial charge >= 0.3 is 0 Å². The normalized spacial score (nSPS) is 11.9.